The molecule has 0 radical (unpaired) electrons. The summed E-state index contributed by atoms with van der Waals surface area (Å²) >= 11 is 0. The second-order valence-electron chi connectivity index (χ2n) is 5.77. The van der Waals surface area contributed by atoms with E-state index in [0.717, 1.165) is 11.1 Å². The summed E-state index contributed by atoms with van der Waals surface area (Å²) in [7, 11) is -3.54. The molecule has 0 saturated heterocycles. The maximum Gasteiger partial charge on any atom is 0.240 e. The second kappa shape index (κ2) is 6.70. The molecule has 1 aromatic carbocycles. The van der Waals surface area contributed by atoms with Gasteiger partial charge in [0.05, 0.1) is 11.5 Å². The highest BCUT2D eigenvalue weighted by atomic mass is 32.2. The molecule has 4 nitrogen and oxygen atoms in total. The first-order valence-corrected chi connectivity index (χ1v) is 8.38. The molecule has 114 valence electrons. The Kier molecular flexibility index (Phi) is 5.74. The van der Waals surface area contributed by atoms with Gasteiger partial charge in [-0.15, -0.1) is 0 Å². The number of benzene rings is 1. The van der Waals surface area contributed by atoms with Crippen LogP contribution in [0.2, 0.25) is 0 Å². The summed E-state index contributed by atoms with van der Waals surface area (Å²) in [4.78, 5) is 0.262. The highest BCUT2D eigenvalue weighted by Crippen LogP contribution is 2.21. The first kappa shape index (κ1) is 17.1. The molecular formula is C15H25NO3S. The Labute approximate surface area is 122 Å². The number of hydrogen-bond donors (Lipinski definition) is 2. The number of aryl methyl sites for hydroxylation is 1. The summed E-state index contributed by atoms with van der Waals surface area (Å²) in [6.45, 7) is 10.1. The SMILES string of the molecule is Cc1cc(CO)cc(S(=O)(=O)NCC(C)C(C)C)c1C. The normalized spacial score (nSPS) is 13.8. The van der Waals surface area contributed by atoms with Crippen LogP contribution in [-0.4, -0.2) is 20.1 Å². The molecule has 0 aliphatic heterocycles. The standard InChI is InChI=1S/C15H25NO3S/c1-10(2)12(4)8-16-20(18,19)15-7-14(9-17)6-11(3)13(15)5/h6-7,10,12,16-17H,8-9H2,1-5H3. The quantitative estimate of drug-likeness (QED) is 0.847. The molecule has 5 heteroatoms. The molecule has 1 rings (SSSR count). The Balaban J connectivity index is 3.06. The first-order chi connectivity index (χ1) is 9.19. The Morgan fingerprint density at radius 1 is 1.20 bits per heavy atom. The zero-order chi connectivity index (χ0) is 15.5. The minimum absolute atomic E-state index is 0.161. The van der Waals surface area contributed by atoms with Crippen molar-refractivity contribution in [2.75, 3.05) is 6.54 Å². The van der Waals surface area contributed by atoms with Crippen molar-refractivity contribution >= 4 is 10.0 Å². The van der Waals surface area contributed by atoms with Crippen LogP contribution in [0, 0.1) is 25.7 Å². The minimum Gasteiger partial charge on any atom is -0.392 e. The largest absolute Gasteiger partial charge is 0.392 e. The predicted octanol–water partition coefficient (Wildman–Crippen LogP) is 2.37. The molecule has 0 bridgehead atoms. The third kappa shape index (κ3) is 4.04. The molecule has 0 saturated carbocycles. The van der Waals surface area contributed by atoms with E-state index in [4.69, 9.17) is 0 Å². The Morgan fingerprint density at radius 2 is 1.80 bits per heavy atom. The van der Waals surface area contributed by atoms with Crippen molar-refractivity contribution in [1.82, 2.24) is 4.72 Å². The molecule has 0 fully saturated rings. The van der Waals surface area contributed by atoms with Crippen LogP contribution >= 0.6 is 0 Å². The van der Waals surface area contributed by atoms with Crippen LogP contribution in [0.3, 0.4) is 0 Å². The van der Waals surface area contributed by atoms with Gasteiger partial charge in [-0.1, -0.05) is 26.8 Å². The average Bonchev–Trinajstić information content (AvgIpc) is 2.38. The zero-order valence-electron chi connectivity index (χ0n) is 12.9. The van der Waals surface area contributed by atoms with E-state index in [1.807, 2.05) is 19.9 Å². The molecule has 1 atom stereocenters. The molecule has 20 heavy (non-hydrogen) atoms. The summed E-state index contributed by atoms with van der Waals surface area (Å²) in [5, 5.41) is 9.22. The molecule has 0 heterocycles. The lowest BCUT2D eigenvalue weighted by Gasteiger charge is -2.18. The molecule has 0 aliphatic carbocycles. The van der Waals surface area contributed by atoms with E-state index in [1.165, 1.54) is 0 Å². The van der Waals surface area contributed by atoms with Gasteiger partial charge in [-0.2, -0.15) is 0 Å². The van der Waals surface area contributed by atoms with E-state index in [2.05, 4.69) is 18.6 Å². The van der Waals surface area contributed by atoms with Gasteiger partial charge >= 0.3 is 0 Å². The second-order valence-corrected chi connectivity index (χ2v) is 7.50. The lowest BCUT2D eigenvalue weighted by atomic mass is 9.99. The fraction of sp³-hybridized carbons (Fsp3) is 0.600. The van der Waals surface area contributed by atoms with Gasteiger partial charge in [0, 0.05) is 6.54 Å². The average molecular weight is 299 g/mol. The topological polar surface area (TPSA) is 66.4 Å². The minimum atomic E-state index is -3.54. The van der Waals surface area contributed by atoms with Crippen LogP contribution in [0.15, 0.2) is 17.0 Å². The summed E-state index contributed by atoms with van der Waals surface area (Å²) < 4.78 is 27.5. The molecule has 0 spiro atoms. The van der Waals surface area contributed by atoms with Gasteiger partial charge in [0.2, 0.25) is 10.0 Å². The number of nitrogens with one attached hydrogen (secondary N) is 1. The van der Waals surface area contributed by atoms with E-state index in [9.17, 15) is 13.5 Å². The maximum absolute atomic E-state index is 12.4. The van der Waals surface area contributed by atoms with Crippen molar-refractivity contribution in [3.63, 3.8) is 0 Å². The van der Waals surface area contributed by atoms with Crippen molar-refractivity contribution < 1.29 is 13.5 Å². The Bertz CT molecular complexity index is 565. The molecule has 1 aromatic rings. The summed E-state index contributed by atoms with van der Waals surface area (Å²) in [5.74, 6) is 0.691. The molecule has 2 N–H and O–H groups in total. The van der Waals surface area contributed by atoms with E-state index in [0.29, 0.717) is 18.0 Å². The van der Waals surface area contributed by atoms with E-state index in [1.54, 1.807) is 13.0 Å². The third-order valence-corrected chi connectivity index (χ3v) is 5.43. The number of aliphatic hydroxyl groups excluding tert-OH is 1. The fourth-order valence-electron chi connectivity index (χ4n) is 1.82. The fourth-order valence-corrected chi connectivity index (χ4v) is 3.33. The molecule has 0 aromatic heterocycles. The van der Waals surface area contributed by atoms with Crippen molar-refractivity contribution in [3.8, 4) is 0 Å². The van der Waals surface area contributed by atoms with Crippen LogP contribution in [0.25, 0.3) is 0 Å². The summed E-state index contributed by atoms with van der Waals surface area (Å²) in [6, 6.07) is 3.36. The van der Waals surface area contributed by atoms with E-state index in [-0.39, 0.29) is 17.4 Å². The first-order valence-electron chi connectivity index (χ1n) is 6.89. The van der Waals surface area contributed by atoms with Gasteiger partial charge in [0.25, 0.3) is 0 Å². The zero-order valence-corrected chi connectivity index (χ0v) is 13.7. The van der Waals surface area contributed by atoms with Crippen LogP contribution in [0.4, 0.5) is 0 Å². The molecule has 0 amide bonds. The predicted molar refractivity (Wildman–Crippen MR) is 81.0 cm³/mol. The van der Waals surface area contributed by atoms with Crippen molar-refractivity contribution in [2.45, 2.75) is 46.1 Å². The number of aliphatic hydroxyl groups is 1. The van der Waals surface area contributed by atoms with Gasteiger partial charge in [0.15, 0.2) is 0 Å². The number of rotatable bonds is 6. The highest BCUT2D eigenvalue weighted by Gasteiger charge is 2.20. The summed E-state index contributed by atoms with van der Waals surface area (Å²) in [5.41, 5.74) is 2.21. The Hall–Kier alpha value is -0.910. The van der Waals surface area contributed by atoms with Gasteiger partial charge in [-0.25, -0.2) is 13.1 Å². The molecule has 1 unspecified atom stereocenters. The van der Waals surface area contributed by atoms with Gasteiger partial charge in [-0.3, -0.25) is 0 Å². The van der Waals surface area contributed by atoms with Crippen LogP contribution < -0.4 is 4.72 Å². The van der Waals surface area contributed by atoms with Gasteiger partial charge in [0.1, 0.15) is 0 Å². The monoisotopic (exact) mass is 299 g/mol. The number of sulfonamides is 1. The van der Waals surface area contributed by atoms with Gasteiger partial charge < -0.3 is 5.11 Å². The highest BCUT2D eigenvalue weighted by molar-refractivity contribution is 7.89. The molecule has 0 aliphatic rings. The van der Waals surface area contributed by atoms with Crippen molar-refractivity contribution in [3.05, 3.63) is 28.8 Å². The smallest absolute Gasteiger partial charge is 0.240 e. The lowest BCUT2D eigenvalue weighted by molar-refractivity contribution is 0.281. The van der Waals surface area contributed by atoms with Crippen molar-refractivity contribution in [2.24, 2.45) is 11.8 Å². The molecular weight excluding hydrogens is 274 g/mol. The van der Waals surface area contributed by atoms with Crippen molar-refractivity contribution in [1.29, 1.82) is 0 Å². The van der Waals surface area contributed by atoms with E-state index >= 15 is 0 Å². The lowest BCUT2D eigenvalue weighted by Crippen LogP contribution is -2.30. The van der Waals surface area contributed by atoms with Crippen LogP contribution in [0.5, 0.6) is 0 Å². The third-order valence-electron chi connectivity index (χ3n) is 3.88. The maximum atomic E-state index is 12.4. The Morgan fingerprint density at radius 3 is 2.30 bits per heavy atom. The van der Waals surface area contributed by atoms with Gasteiger partial charge in [-0.05, 0) is 48.4 Å². The van der Waals surface area contributed by atoms with E-state index < -0.39 is 10.0 Å². The van der Waals surface area contributed by atoms with Crippen LogP contribution in [-0.2, 0) is 16.6 Å². The number of hydrogen-bond acceptors (Lipinski definition) is 3. The summed E-state index contributed by atoms with van der Waals surface area (Å²) in [6.07, 6.45) is 0. The van der Waals surface area contributed by atoms with Crippen LogP contribution in [0.1, 0.15) is 37.5 Å².